The average Bonchev–Trinajstić information content (AvgIpc) is 2.42. The van der Waals surface area contributed by atoms with Crippen molar-refractivity contribution < 1.29 is 4.79 Å². The zero-order valence-corrected chi connectivity index (χ0v) is 13.3. The van der Waals surface area contributed by atoms with Gasteiger partial charge in [-0.3, -0.25) is 4.79 Å². The van der Waals surface area contributed by atoms with Crippen LogP contribution < -0.4 is 5.32 Å². The molecular formula is C17H18BrNO. The minimum absolute atomic E-state index is 0.0293. The Balaban J connectivity index is 1.90. The predicted molar refractivity (Wildman–Crippen MR) is 86.1 cm³/mol. The van der Waals surface area contributed by atoms with Gasteiger partial charge in [0.15, 0.2) is 0 Å². The number of hydrogen-bond acceptors (Lipinski definition) is 1. The zero-order valence-electron chi connectivity index (χ0n) is 11.7. The summed E-state index contributed by atoms with van der Waals surface area (Å²) in [5.41, 5.74) is 4.31. The van der Waals surface area contributed by atoms with Gasteiger partial charge in [-0.05, 0) is 43.5 Å². The van der Waals surface area contributed by atoms with Crippen LogP contribution in [0.3, 0.4) is 0 Å². The third-order valence-corrected chi connectivity index (χ3v) is 4.07. The normalized spacial score (nSPS) is 10.3. The van der Waals surface area contributed by atoms with Gasteiger partial charge in [0, 0.05) is 16.6 Å². The van der Waals surface area contributed by atoms with Crippen LogP contribution >= 0.6 is 15.9 Å². The van der Waals surface area contributed by atoms with Gasteiger partial charge in [0.25, 0.3) is 5.91 Å². The number of benzene rings is 2. The molecule has 0 aromatic heterocycles. The molecule has 0 spiro atoms. The SMILES string of the molecule is Cc1cccc(CCNC(=O)c2ccc(C)c(Br)c2)c1. The van der Waals surface area contributed by atoms with E-state index in [1.807, 2.05) is 31.2 Å². The lowest BCUT2D eigenvalue weighted by atomic mass is 10.1. The first-order valence-corrected chi connectivity index (χ1v) is 7.45. The van der Waals surface area contributed by atoms with E-state index >= 15 is 0 Å². The Hall–Kier alpha value is -1.61. The van der Waals surface area contributed by atoms with E-state index in [1.165, 1.54) is 11.1 Å². The molecule has 2 nitrogen and oxygen atoms in total. The van der Waals surface area contributed by atoms with Crippen molar-refractivity contribution in [3.8, 4) is 0 Å². The van der Waals surface area contributed by atoms with Gasteiger partial charge in [0.05, 0.1) is 0 Å². The van der Waals surface area contributed by atoms with Gasteiger partial charge in [0.1, 0.15) is 0 Å². The fraction of sp³-hybridized carbons (Fsp3) is 0.235. The summed E-state index contributed by atoms with van der Waals surface area (Å²) in [6, 6.07) is 14.0. The van der Waals surface area contributed by atoms with Gasteiger partial charge in [-0.2, -0.15) is 0 Å². The molecule has 3 heteroatoms. The van der Waals surface area contributed by atoms with E-state index in [2.05, 4.69) is 46.4 Å². The molecule has 0 aliphatic rings. The van der Waals surface area contributed by atoms with E-state index in [0.717, 1.165) is 16.5 Å². The summed E-state index contributed by atoms with van der Waals surface area (Å²) in [5.74, 6) is -0.0293. The van der Waals surface area contributed by atoms with Crippen LogP contribution in [0, 0.1) is 13.8 Å². The fourth-order valence-corrected chi connectivity index (χ4v) is 2.40. The molecule has 0 unspecified atom stereocenters. The number of hydrogen-bond donors (Lipinski definition) is 1. The predicted octanol–water partition coefficient (Wildman–Crippen LogP) is 4.04. The quantitative estimate of drug-likeness (QED) is 0.900. The molecule has 0 saturated heterocycles. The highest BCUT2D eigenvalue weighted by molar-refractivity contribution is 9.10. The van der Waals surface area contributed by atoms with Crippen molar-refractivity contribution in [1.29, 1.82) is 0 Å². The van der Waals surface area contributed by atoms with Crippen LogP contribution in [0.15, 0.2) is 46.9 Å². The molecule has 1 N–H and O–H groups in total. The van der Waals surface area contributed by atoms with Crippen LogP contribution in [0.5, 0.6) is 0 Å². The first-order valence-electron chi connectivity index (χ1n) is 6.66. The Morgan fingerprint density at radius 3 is 2.65 bits per heavy atom. The summed E-state index contributed by atoms with van der Waals surface area (Å²) in [7, 11) is 0. The minimum atomic E-state index is -0.0293. The second kappa shape index (κ2) is 6.71. The molecule has 0 radical (unpaired) electrons. The van der Waals surface area contributed by atoms with E-state index in [-0.39, 0.29) is 5.91 Å². The lowest BCUT2D eigenvalue weighted by Gasteiger charge is -2.07. The van der Waals surface area contributed by atoms with Gasteiger partial charge in [-0.25, -0.2) is 0 Å². The van der Waals surface area contributed by atoms with E-state index in [0.29, 0.717) is 12.1 Å². The molecule has 1 amide bonds. The van der Waals surface area contributed by atoms with E-state index in [1.54, 1.807) is 0 Å². The fourth-order valence-electron chi connectivity index (χ4n) is 2.02. The Kier molecular flexibility index (Phi) is 4.96. The summed E-state index contributed by atoms with van der Waals surface area (Å²) in [6.45, 7) is 4.73. The Morgan fingerprint density at radius 2 is 1.95 bits per heavy atom. The molecule has 0 aliphatic heterocycles. The molecule has 0 heterocycles. The zero-order chi connectivity index (χ0) is 14.5. The van der Waals surface area contributed by atoms with Crippen LogP contribution in [0.25, 0.3) is 0 Å². The Bertz CT molecular complexity index is 622. The second-order valence-electron chi connectivity index (χ2n) is 4.96. The van der Waals surface area contributed by atoms with Crippen LogP contribution in [-0.4, -0.2) is 12.5 Å². The lowest BCUT2D eigenvalue weighted by molar-refractivity contribution is 0.0954. The average molecular weight is 332 g/mol. The van der Waals surface area contributed by atoms with Crippen molar-refractivity contribution in [2.75, 3.05) is 6.54 Å². The smallest absolute Gasteiger partial charge is 0.251 e. The van der Waals surface area contributed by atoms with Gasteiger partial charge in [-0.15, -0.1) is 0 Å². The molecule has 0 fully saturated rings. The third-order valence-electron chi connectivity index (χ3n) is 3.22. The van der Waals surface area contributed by atoms with Crippen molar-refractivity contribution in [3.05, 3.63) is 69.2 Å². The number of carbonyl (C=O) groups excluding carboxylic acids is 1. The molecule has 20 heavy (non-hydrogen) atoms. The third kappa shape index (κ3) is 3.94. The van der Waals surface area contributed by atoms with Crippen molar-refractivity contribution in [2.24, 2.45) is 0 Å². The summed E-state index contributed by atoms with van der Waals surface area (Å²) < 4.78 is 0.962. The van der Waals surface area contributed by atoms with Crippen LogP contribution in [0.1, 0.15) is 27.0 Å². The summed E-state index contributed by atoms with van der Waals surface area (Å²) in [4.78, 5) is 12.0. The molecule has 104 valence electrons. The largest absolute Gasteiger partial charge is 0.352 e. The van der Waals surface area contributed by atoms with Crippen molar-refractivity contribution >= 4 is 21.8 Å². The van der Waals surface area contributed by atoms with Gasteiger partial charge in [-0.1, -0.05) is 51.8 Å². The van der Waals surface area contributed by atoms with Gasteiger partial charge >= 0.3 is 0 Å². The highest BCUT2D eigenvalue weighted by Gasteiger charge is 2.06. The standard InChI is InChI=1S/C17H18BrNO/c1-12-4-3-5-14(10-12)8-9-19-17(20)15-7-6-13(2)16(18)11-15/h3-7,10-11H,8-9H2,1-2H3,(H,19,20). The molecule has 0 aliphatic carbocycles. The Labute approximate surface area is 128 Å². The van der Waals surface area contributed by atoms with Crippen LogP contribution in [-0.2, 0) is 6.42 Å². The maximum absolute atomic E-state index is 12.0. The number of halogens is 1. The Morgan fingerprint density at radius 1 is 1.15 bits per heavy atom. The maximum Gasteiger partial charge on any atom is 0.251 e. The topological polar surface area (TPSA) is 29.1 Å². The van der Waals surface area contributed by atoms with Gasteiger partial charge in [0.2, 0.25) is 0 Å². The molecule has 0 saturated carbocycles. The van der Waals surface area contributed by atoms with Crippen molar-refractivity contribution in [3.63, 3.8) is 0 Å². The van der Waals surface area contributed by atoms with Crippen molar-refractivity contribution in [2.45, 2.75) is 20.3 Å². The number of rotatable bonds is 4. The minimum Gasteiger partial charge on any atom is -0.352 e. The van der Waals surface area contributed by atoms with Crippen LogP contribution in [0.4, 0.5) is 0 Å². The van der Waals surface area contributed by atoms with Crippen LogP contribution in [0.2, 0.25) is 0 Å². The van der Waals surface area contributed by atoms with E-state index < -0.39 is 0 Å². The summed E-state index contributed by atoms with van der Waals surface area (Å²) in [6.07, 6.45) is 0.848. The number of carbonyl (C=O) groups is 1. The molecule has 2 rings (SSSR count). The first kappa shape index (κ1) is 14.8. The highest BCUT2D eigenvalue weighted by Crippen LogP contribution is 2.17. The maximum atomic E-state index is 12.0. The number of amides is 1. The highest BCUT2D eigenvalue weighted by atomic mass is 79.9. The lowest BCUT2D eigenvalue weighted by Crippen LogP contribution is -2.25. The molecule has 0 atom stereocenters. The second-order valence-corrected chi connectivity index (χ2v) is 5.81. The summed E-state index contributed by atoms with van der Waals surface area (Å²) in [5, 5.41) is 2.95. The van der Waals surface area contributed by atoms with E-state index in [9.17, 15) is 4.79 Å². The first-order chi connectivity index (χ1) is 9.56. The van der Waals surface area contributed by atoms with Gasteiger partial charge < -0.3 is 5.32 Å². The molecule has 2 aromatic carbocycles. The monoisotopic (exact) mass is 331 g/mol. The number of aryl methyl sites for hydroxylation is 2. The molecule has 2 aromatic rings. The molecular weight excluding hydrogens is 314 g/mol. The number of nitrogens with one attached hydrogen (secondary N) is 1. The van der Waals surface area contributed by atoms with E-state index in [4.69, 9.17) is 0 Å². The summed E-state index contributed by atoms with van der Waals surface area (Å²) >= 11 is 3.45. The van der Waals surface area contributed by atoms with Crippen molar-refractivity contribution in [1.82, 2.24) is 5.32 Å². The molecule has 0 bridgehead atoms.